The molecule has 2 aliphatic heterocycles. The molecule has 1 amide bonds. The van der Waals surface area contributed by atoms with Gasteiger partial charge in [-0.15, -0.1) is 0 Å². The smallest absolute Gasteiger partial charge is 0.283 e. The van der Waals surface area contributed by atoms with Crippen molar-refractivity contribution >= 4 is 28.9 Å². The molecule has 8 nitrogen and oxygen atoms in total. The average molecular weight is 591 g/mol. The van der Waals surface area contributed by atoms with Crippen LogP contribution in [0, 0.1) is 17.5 Å². The van der Waals surface area contributed by atoms with Gasteiger partial charge in [0.15, 0.2) is 17.4 Å². The molecule has 1 unspecified atom stereocenters. The minimum Gasteiger partial charge on any atom is -0.469 e. The maximum Gasteiger partial charge on any atom is 0.283 e. The minimum atomic E-state index is -3.17. The van der Waals surface area contributed by atoms with Crippen molar-refractivity contribution in [2.24, 2.45) is 0 Å². The fourth-order valence-electron chi connectivity index (χ4n) is 5.36. The Bertz CT molecular complexity index is 1480. The highest BCUT2D eigenvalue weighted by atomic mass is 19.3. The van der Waals surface area contributed by atoms with E-state index in [2.05, 4.69) is 20.2 Å². The fourth-order valence-corrected chi connectivity index (χ4v) is 5.36. The molecule has 1 fully saturated rings. The summed E-state index contributed by atoms with van der Waals surface area (Å²) in [6.45, 7) is 4.59. The molecule has 13 heteroatoms. The van der Waals surface area contributed by atoms with Crippen molar-refractivity contribution in [1.82, 2.24) is 14.9 Å². The predicted molar refractivity (Wildman–Crippen MR) is 149 cm³/mol. The summed E-state index contributed by atoms with van der Waals surface area (Å²) in [5.41, 5.74) is 0.276. The van der Waals surface area contributed by atoms with Gasteiger partial charge in [0.25, 0.3) is 12.3 Å². The van der Waals surface area contributed by atoms with Crippen LogP contribution in [0.5, 0.6) is 5.75 Å². The van der Waals surface area contributed by atoms with Crippen LogP contribution in [0.25, 0.3) is 11.3 Å². The highest BCUT2D eigenvalue weighted by Crippen LogP contribution is 2.42. The van der Waals surface area contributed by atoms with E-state index in [1.807, 2.05) is 19.0 Å². The molecule has 224 valence electrons. The number of rotatable bonds is 7. The first-order chi connectivity index (χ1) is 19.9. The minimum absolute atomic E-state index is 0.0746. The number of aromatic nitrogens is 2. The van der Waals surface area contributed by atoms with E-state index >= 15 is 8.78 Å². The first-order valence-corrected chi connectivity index (χ1v) is 13.6. The number of amides is 1. The number of alkyl halides is 2. The molecule has 42 heavy (non-hydrogen) atoms. The number of hydrogen-bond acceptors (Lipinski definition) is 7. The van der Waals surface area contributed by atoms with E-state index in [9.17, 15) is 18.0 Å². The Kier molecular flexibility index (Phi) is 8.22. The van der Waals surface area contributed by atoms with Crippen molar-refractivity contribution in [3.8, 4) is 17.0 Å². The molecule has 0 bridgehead atoms. The van der Waals surface area contributed by atoms with Crippen molar-refractivity contribution < 1.29 is 31.5 Å². The van der Waals surface area contributed by atoms with Crippen LogP contribution in [0.2, 0.25) is 0 Å². The van der Waals surface area contributed by atoms with Gasteiger partial charge in [0.1, 0.15) is 11.5 Å². The maximum atomic E-state index is 15.2. The summed E-state index contributed by atoms with van der Waals surface area (Å²) < 4.78 is 77.1. The maximum absolute atomic E-state index is 15.2. The molecule has 1 atom stereocenters. The number of nitrogens with one attached hydrogen (secondary N) is 1. The molecule has 0 radical (unpaired) electrons. The zero-order chi connectivity index (χ0) is 30.3. The van der Waals surface area contributed by atoms with Crippen molar-refractivity contribution in [2.45, 2.75) is 51.3 Å². The molecule has 0 saturated carbocycles. The summed E-state index contributed by atoms with van der Waals surface area (Å²) in [5, 5.41) is 2.84. The zero-order valence-corrected chi connectivity index (χ0v) is 23.5. The van der Waals surface area contributed by atoms with E-state index in [1.165, 1.54) is 12.1 Å². The molecule has 5 rings (SSSR count). The van der Waals surface area contributed by atoms with E-state index in [1.54, 1.807) is 26.0 Å². The van der Waals surface area contributed by atoms with Crippen LogP contribution in [0.4, 0.5) is 45.0 Å². The Balaban J connectivity index is 1.41. The van der Waals surface area contributed by atoms with Crippen LogP contribution in [0.15, 0.2) is 36.5 Å². The van der Waals surface area contributed by atoms with Crippen molar-refractivity contribution in [2.75, 3.05) is 42.3 Å². The van der Waals surface area contributed by atoms with Gasteiger partial charge in [0.2, 0.25) is 12.1 Å². The van der Waals surface area contributed by atoms with Crippen LogP contribution in [-0.4, -0.2) is 72.6 Å². The van der Waals surface area contributed by atoms with Gasteiger partial charge in [-0.2, -0.15) is 0 Å². The zero-order valence-electron chi connectivity index (χ0n) is 23.5. The molecule has 0 aliphatic carbocycles. The first-order valence-electron chi connectivity index (χ1n) is 13.6. The number of ether oxygens (including phenoxy) is 1. The lowest BCUT2D eigenvalue weighted by atomic mass is 10.0. The van der Waals surface area contributed by atoms with Gasteiger partial charge >= 0.3 is 0 Å². The highest BCUT2D eigenvalue weighted by molar-refractivity contribution is 6.01. The second-order valence-electron chi connectivity index (χ2n) is 10.8. The average Bonchev–Trinajstić information content (AvgIpc) is 2.93. The first kappa shape index (κ1) is 29.5. The molecular weight excluding hydrogens is 559 g/mol. The third kappa shape index (κ3) is 5.69. The topological polar surface area (TPSA) is 73.8 Å². The van der Waals surface area contributed by atoms with E-state index in [0.717, 1.165) is 43.1 Å². The Morgan fingerprint density at radius 1 is 1.00 bits per heavy atom. The van der Waals surface area contributed by atoms with E-state index < -0.39 is 47.7 Å². The fraction of sp³-hybridized carbons (Fsp3) is 0.414. The summed E-state index contributed by atoms with van der Waals surface area (Å²) in [6.07, 6.45) is -2.62. The van der Waals surface area contributed by atoms with Crippen molar-refractivity contribution in [3.63, 3.8) is 0 Å². The van der Waals surface area contributed by atoms with Gasteiger partial charge < -0.3 is 24.8 Å². The summed E-state index contributed by atoms with van der Waals surface area (Å²) in [7, 11) is 4.07. The van der Waals surface area contributed by atoms with E-state index in [0.29, 0.717) is 17.4 Å². The van der Waals surface area contributed by atoms with Gasteiger partial charge in [-0.1, -0.05) is 0 Å². The van der Waals surface area contributed by atoms with Gasteiger partial charge in [0, 0.05) is 36.4 Å². The number of fused-ring (bicyclic) bond motifs is 1. The van der Waals surface area contributed by atoms with Crippen LogP contribution < -0.4 is 19.9 Å². The Morgan fingerprint density at radius 3 is 2.33 bits per heavy atom. The second kappa shape index (κ2) is 11.7. The van der Waals surface area contributed by atoms with Crippen LogP contribution in [0.1, 0.15) is 26.7 Å². The molecule has 1 aromatic heterocycles. The van der Waals surface area contributed by atoms with E-state index in [4.69, 9.17) is 4.74 Å². The third-order valence-electron chi connectivity index (χ3n) is 7.51. The highest BCUT2D eigenvalue weighted by Gasteiger charge is 2.43. The molecule has 3 aromatic rings. The molecular formula is C29H31F5N6O2. The largest absolute Gasteiger partial charge is 0.469 e. The van der Waals surface area contributed by atoms with Gasteiger partial charge in [-0.3, -0.25) is 4.79 Å². The molecule has 2 aliphatic rings. The number of halogens is 5. The number of hydrogen-bond donors (Lipinski definition) is 1. The third-order valence-corrected chi connectivity index (χ3v) is 7.51. The SMILES string of the molecule is CC(C)N1C(=O)C(C(F)F)Oc2c(F)cc(-c3nc(Nc4ccc(N5CCC(N(C)C)CC5)c(F)c4)ncc3F)cc21. The summed E-state index contributed by atoms with van der Waals surface area (Å²) in [6, 6.07) is 6.57. The number of benzene rings is 2. The van der Waals surface area contributed by atoms with Crippen LogP contribution in [0.3, 0.4) is 0 Å². The van der Waals surface area contributed by atoms with Crippen molar-refractivity contribution in [3.05, 3.63) is 54.0 Å². The number of carbonyl (C=O) groups is 1. The molecule has 2 aromatic carbocycles. The Hall–Kier alpha value is -4.00. The number of nitrogens with zero attached hydrogens (tertiary/aromatic N) is 5. The monoisotopic (exact) mass is 590 g/mol. The number of piperidine rings is 1. The summed E-state index contributed by atoms with van der Waals surface area (Å²) in [4.78, 5) is 25.9. The van der Waals surface area contributed by atoms with Gasteiger partial charge in [-0.25, -0.2) is 31.9 Å². The van der Waals surface area contributed by atoms with E-state index in [-0.39, 0.29) is 22.9 Å². The Labute approximate surface area is 240 Å². The number of carbonyl (C=O) groups excluding carboxylic acids is 1. The lowest BCUT2D eigenvalue weighted by Crippen LogP contribution is -2.52. The lowest BCUT2D eigenvalue weighted by molar-refractivity contribution is -0.134. The number of anilines is 4. The van der Waals surface area contributed by atoms with Gasteiger partial charge in [-0.05, 0) is 71.1 Å². The lowest BCUT2D eigenvalue weighted by Gasteiger charge is -2.36. The quantitative estimate of drug-likeness (QED) is 0.359. The molecule has 3 heterocycles. The standard InChI is InChI=1S/C29H31F5N6O2/c1-15(2)40-23-12-16(11-20(31)25(23)42-26(27(33)34)28(40)41)24-21(32)14-35-29(37-24)36-17-5-6-22(19(30)13-17)39-9-7-18(8-10-39)38(3)4/h5-6,11-15,18,26-27H,7-10H2,1-4H3,(H,35,36,37). The molecule has 1 N–H and O–H groups in total. The molecule has 1 saturated heterocycles. The molecule has 0 spiro atoms. The normalized spacial score (nSPS) is 17.7. The van der Waals surface area contributed by atoms with Crippen LogP contribution >= 0.6 is 0 Å². The van der Waals surface area contributed by atoms with Crippen molar-refractivity contribution in [1.29, 1.82) is 0 Å². The summed E-state index contributed by atoms with van der Waals surface area (Å²) >= 11 is 0. The predicted octanol–water partition coefficient (Wildman–Crippen LogP) is 5.60. The van der Waals surface area contributed by atoms with Gasteiger partial charge in [0.05, 0.1) is 17.6 Å². The Morgan fingerprint density at radius 2 is 1.71 bits per heavy atom. The summed E-state index contributed by atoms with van der Waals surface area (Å²) in [5.74, 6) is -4.07. The van der Waals surface area contributed by atoms with Crippen LogP contribution in [-0.2, 0) is 4.79 Å². The second-order valence-corrected chi connectivity index (χ2v) is 10.8.